The van der Waals surface area contributed by atoms with Gasteiger partial charge in [-0.3, -0.25) is 9.78 Å². The highest BCUT2D eigenvalue weighted by molar-refractivity contribution is 5.85. The molecule has 2 aromatic rings. The van der Waals surface area contributed by atoms with Crippen molar-refractivity contribution in [1.82, 2.24) is 9.88 Å². The first-order valence-corrected chi connectivity index (χ1v) is 8.18. The Hall–Kier alpha value is -1.94. The van der Waals surface area contributed by atoms with E-state index in [-0.39, 0.29) is 5.91 Å². The molecule has 1 atom stereocenters. The number of aromatic nitrogens is 1. The molecule has 0 aliphatic carbocycles. The van der Waals surface area contributed by atoms with Crippen LogP contribution in [0.25, 0.3) is 10.9 Å². The van der Waals surface area contributed by atoms with Gasteiger partial charge in [-0.15, -0.1) is 0 Å². The van der Waals surface area contributed by atoms with Gasteiger partial charge in [0.25, 0.3) is 5.91 Å². The summed E-state index contributed by atoms with van der Waals surface area (Å²) in [7, 11) is 1.59. The molecule has 23 heavy (non-hydrogen) atoms. The lowest BCUT2D eigenvalue weighted by atomic mass is 9.96. The van der Waals surface area contributed by atoms with Crippen LogP contribution in [-0.4, -0.2) is 41.6 Å². The van der Waals surface area contributed by atoms with E-state index in [1.807, 2.05) is 37.1 Å². The number of nitrogens with zero attached hydrogens (tertiary/aromatic N) is 2. The maximum atomic E-state index is 12.5. The fourth-order valence-electron chi connectivity index (χ4n) is 3.30. The van der Waals surface area contributed by atoms with Crippen molar-refractivity contribution < 1.29 is 9.53 Å². The number of hydrogen-bond acceptors (Lipinski definition) is 3. The summed E-state index contributed by atoms with van der Waals surface area (Å²) in [4.78, 5) is 18.9. The third-order valence-electron chi connectivity index (χ3n) is 4.85. The third kappa shape index (κ3) is 3.22. The number of para-hydroxylation sites is 1. The zero-order chi connectivity index (χ0) is 16.4. The van der Waals surface area contributed by atoms with E-state index < -0.39 is 5.60 Å². The summed E-state index contributed by atoms with van der Waals surface area (Å²) in [5, 5.41) is 1.22. The molecule has 0 radical (unpaired) electrons. The van der Waals surface area contributed by atoms with Crippen molar-refractivity contribution in [2.45, 2.75) is 32.3 Å². The van der Waals surface area contributed by atoms with E-state index in [9.17, 15) is 4.79 Å². The number of rotatable bonds is 4. The van der Waals surface area contributed by atoms with Crippen molar-refractivity contribution in [3.63, 3.8) is 0 Å². The predicted molar refractivity (Wildman–Crippen MR) is 91.2 cm³/mol. The molecule has 1 fully saturated rings. The van der Waals surface area contributed by atoms with E-state index in [0.717, 1.165) is 31.4 Å². The molecule has 3 rings (SSSR count). The van der Waals surface area contributed by atoms with Gasteiger partial charge in [-0.05, 0) is 50.3 Å². The molecule has 0 spiro atoms. The van der Waals surface area contributed by atoms with E-state index in [0.29, 0.717) is 5.92 Å². The Kier molecular flexibility index (Phi) is 4.35. The monoisotopic (exact) mass is 312 g/mol. The normalized spacial score (nSPS) is 18.6. The summed E-state index contributed by atoms with van der Waals surface area (Å²) >= 11 is 0. The van der Waals surface area contributed by atoms with Gasteiger partial charge in [0.1, 0.15) is 5.60 Å². The van der Waals surface area contributed by atoms with E-state index >= 15 is 0 Å². The molecule has 0 N–H and O–H groups in total. The summed E-state index contributed by atoms with van der Waals surface area (Å²) in [5.74, 6) is 0.583. The van der Waals surface area contributed by atoms with E-state index in [2.05, 4.69) is 23.2 Å². The standard InChI is InChI=1S/C19H24N2O2/c1-19(2,23-3)18(22)21-11-9-14(13-21)12-15-8-10-20-17-7-5-4-6-16(15)17/h4-8,10,14H,9,11-13H2,1-3H3. The molecule has 0 bridgehead atoms. The highest BCUT2D eigenvalue weighted by Gasteiger charge is 2.35. The lowest BCUT2D eigenvalue weighted by Crippen LogP contribution is -2.45. The van der Waals surface area contributed by atoms with Crippen LogP contribution in [0, 0.1) is 5.92 Å². The van der Waals surface area contributed by atoms with E-state index in [1.54, 1.807) is 7.11 Å². The Labute approximate surface area is 137 Å². The average molecular weight is 312 g/mol. The Morgan fingerprint density at radius 1 is 1.35 bits per heavy atom. The average Bonchev–Trinajstić information content (AvgIpc) is 3.03. The number of pyridine rings is 1. The van der Waals surface area contributed by atoms with Crippen molar-refractivity contribution in [2.24, 2.45) is 5.92 Å². The Balaban J connectivity index is 1.72. The maximum Gasteiger partial charge on any atom is 0.254 e. The largest absolute Gasteiger partial charge is 0.369 e. The number of amides is 1. The third-order valence-corrected chi connectivity index (χ3v) is 4.85. The minimum Gasteiger partial charge on any atom is -0.369 e. The van der Waals surface area contributed by atoms with Crippen molar-refractivity contribution >= 4 is 16.8 Å². The highest BCUT2D eigenvalue weighted by atomic mass is 16.5. The van der Waals surface area contributed by atoms with Crippen molar-refractivity contribution in [2.75, 3.05) is 20.2 Å². The summed E-state index contributed by atoms with van der Waals surface area (Å²) in [6, 6.07) is 10.3. The minimum atomic E-state index is -0.738. The van der Waals surface area contributed by atoms with Gasteiger partial charge in [0, 0.05) is 31.8 Å². The maximum absolute atomic E-state index is 12.5. The molecule has 0 saturated carbocycles. The zero-order valence-electron chi connectivity index (χ0n) is 14.1. The number of benzene rings is 1. The smallest absolute Gasteiger partial charge is 0.254 e. The summed E-state index contributed by atoms with van der Waals surface area (Å²) in [6.07, 6.45) is 3.91. The lowest BCUT2D eigenvalue weighted by molar-refractivity contribution is -0.149. The van der Waals surface area contributed by atoms with Gasteiger partial charge in [-0.1, -0.05) is 18.2 Å². The Morgan fingerprint density at radius 2 is 2.13 bits per heavy atom. The minimum absolute atomic E-state index is 0.0853. The quantitative estimate of drug-likeness (QED) is 0.871. The summed E-state index contributed by atoms with van der Waals surface area (Å²) in [5.41, 5.74) is 1.62. The first kappa shape index (κ1) is 15.9. The Morgan fingerprint density at radius 3 is 2.91 bits per heavy atom. The SMILES string of the molecule is COC(C)(C)C(=O)N1CCC(Cc2ccnc3ccccc23)C1. The van der Waals surface area contributed by atoms with Crippen LogP contribution in [0.1, 0.15) is 25.8 Å². The van der Waals surface area contributed by atoms with Gasteiger partial charge in [-0.25, -0.2) is 0 Å². The number of fused-ring (bicyclic) bond motifs is 1. The van der Waals surface area contributed by atoms with Crippen molar-refractivity contribution in [3.05, 3.63) is 42.1 Å². The molecule has 2 heterocycles. The molecule has 1 aliphatic rings. The fourth-order valence-corrected chi connectivity index (χ4v) is 3.30. The van der Waals surface area contributed by atoms with Gasteiger partial charge in [0.05, 0.1) is 5.52 Å². The molecule has 1 aromatic carbocycles. The molecule has 1 saturated heterocycles. The molecular formula is C19H24N2O2. The van der Waals surface area contributed by atoms with Gasteiger partial charge in [0.15, 0.2) is 0 Å². The van der Waals surface area contributed by atoms with Crippen LogP contribution in [0.5, 0.6) is 0 Å². The van der Waals surface area contributed by atoms with Gasteiger partial charge in [-0.2, -0.15) is 0 Å². The number of hydrogen-bond donors (Lipinski definition) is 0. The van der Waals surface area contributed by atoms with Gasteiger partial charge < -0.3 is 9.64 Å². The zero-order valence-corrected chi connectivity index (χ0v) is 14.1. The van der Waals surface area contributed by atoms with E-state index in [4.69, 9.17) is 4.74 Å². The molecule has 1 amide bonds. The second-order valence-corrected chi connectivity index (χ2v) is 6.81. The van der Waals surface area contributed by atoms with Crippen LogP contribution >= 0.6 is 0 Å². The summed E-state index contributed by atoms with van der Waals surface area (Å²) in [6.45, 7) is 5.29. The second kappa shape index (κ2) is 6.28. The van der Waals surface area contributed by atoms with Crippen LogP contribution < -0.4 is 0 Å². The highest BCUT2D eigenvalue weighted by Crippen LogP contribution is 2.26. The van der Waals surface area contributed by atoms with Crippen LogP contribution in [0.15, 0.2) is 36.5 Å². The number of likely N-dealkylation sites (tertiary alicyclic amines) is 1. The van der Waals surface area contributed by atoms with Crippen molar-refractivity contribution in [3.8, 4) is 0 Å². The van der Waals surface area contributed by atoms with Crippen molar-refractivity contribution in [1.29, 1.82) is 0 Å². The van der Waals surface area contributed by atoms with Crippen LogP contribution in [0.2, 0.25) is 0 Å². The van der Waals surface area contributed by atoms with Crippen LogP contribution in [0.4, 0.5) is 0 Å². The number of methoxy groups -OCH3 is 1. The predicted octanol–water partition coefficient (Wildman–Crippen LogP) is 3.05. The Bertz CT molecular complexity index is 706. The molecule has 1 aliphatic heterocycles. The second-order valence-electron chi connectivity index (χ2n) is 6.81. The van der Waals surface area contributed by atoms with E-state index in [1.165, 1.54) is 10.9 Å². The molecule has 4 heteroatoms. The molecule has 122 valence electrons. The molecular weight excluding hydrogens is 288 g/mol. The number of ether oxygens (including phenoxy) is 1. The van der Waals surface area contributed by atoms with Crippen LogP contribution in [0.3, 0.4) is 0 Å². The fraction of sp³-hybridized carbons (Fsp3) is 0.474. The molecule has 4 nitrogen and oxygen atoms in total. The van der Waals surface area contributed by atoms with Gasteiger partial charge >= 0.3 is 0 Å². The first-order chi connectivity index (χ1) is 11.0. The first-order valence-electron chi connectivity index (χ1n) is 8.18. The lowest BCUT2D eigenvalue weighted by Gasteiger charge is -2.28. The number of carbonyl (C=O) groups is 1. The van der Waals surface area contributed by atoms with Crippen LogP contribution in [-0.2, 0) is 16.0 Å². The topological polar surface area (TPSA) is 42.4 Å². The number of carbonyl (C=O) groups excluding carboxylic acids is 1. The van der Waals surface area contributed by atoms with Gasteiger partial charge in [0.2, 0.25) is 0 Å². The summed E-state index contributed by atoms with van der Waals surface area (Å²) < 4.78 is 5.32. The molecule has 1 aromatic heterocycles. The molecule has 1 unspecified atom stereocenters.